The summed E-state index contributed by atoms with van der Waals surface area (Å²) in [6.45, 7) is 3.70. The van der Waals surface area contributed by atoms with Crippen molar-refractivity contribution in [3.8, 4) is 0 Å². The molecule has 3 fully saturated rings. The van der Waals surface area contributed by atoms with Crippen molar-refractivity contribution in [2.45, 2.75) is 76.0 Å². The summed E-state index contributed by atoms with van der Waals surface area (Å²) in [5.74, 6) is -0.236. The summed E-state index contributed by atoms with van der Waals surface area (Å²) in [5.41, 5.74) is 4.83. The van der Waals surface area contributed by atoms with Gasteiger partial charge >= 0.3 is 6.18 Å². The first kappa shape index (κ1) is 25.3. The number of halogens is 4. The van der Waals surface area contributed by atoms with E-state index in [0.29, 0.717) is 25.4 Å². The molecule has 4 rings (SSSR count). The molecule has 0 aromatic heterocycles. The number of benzene rings is 1. The Morgan fingerprint density at radius 2 is 2.12 bits per heavy atom. The van der Waals surface area contributed by atoms with Crippen LogP contribution in [-0.2, 0) is 22.4 Å². The van der Waals surface area contributed by atoms with E-state index >= 15 is 0 Å². The van der Waals surface area contributed by atoms with Gasteiger partial charge in [-0.05, 0) is 49.1 Å². The van der Waals surface area contributed by atoms with Gasteiger partial charge in [0.2, 0.25) is 5.91 Å². The number of nitrogens with one attached hydrogen (secondary N) is 4. The maximum absolute atomic E-state index is 13.6. The molecule has 5 atom stereocenters. The van der Waals surface area contributed by atoms with Crippen molar-refractivity contribution in [3.05, 3.63) is 35.1 Å². The van der Waals surface area contributed by atoms with Gasteiger partial charge in [0.05, 0.1) is 17.7 Å². The van der Waals surface area contributed by atoms with Crippen LogP contribution in [0.4, 0.5) is 17.6 Å². The highest BCUT2D eigenvalue weighted by atomic mass is 19.4. The lowest BCUT2D eigenvalue weighted by atomic mass is 9.85. The number of piperidine rings is 1. The van der Waals surface area contributed by atoms with Gasteiger partial charge in [0.25, 0.3) is 0 Å². The third-order valence-corrected chi connectivity index (χ3v) is 6.92. The fraction of sp³-hybridized carbons (Fsp3) is 0.696. The van der Waals surface area contributed by atoms with Gasteiger partial charge in [-0.25, -0.2) is 9.40 Å². The van der Waals surface area contributed by atoms with Gasteiger partial charge in [-0.15, -0.1) is 0 Å². The lowest BCUT2D eigenvalue weighted by Gasteiger charge is -2.33. The average molecular weight is 488 g/mol. The van der Waals surface area contributed by atoms with Gasteiger partial charge in [0.15, 0.2) is 0 Å². The summed E-state index contributed by atoms with van der Waals surface area (Å²) in [5, 5.41) is 8.02. The van der Waals surface area contributed by atoms with Gasteiger partial charge in [-0.3, -0.25) is 15.1 Å². The van der Waals surface area contributed by atoms with Crippen LogP contribution < -0.4 is 21.5 Å². The Morgan fingerprint density at radius 3 is 2.88 bits per heavy atom. The minimum absolute atomic E-state index is 0.0811. The van der Waals surface area contributed by atoms with Crippen LogP contribution in [-0.4, -0.2) is 54.8 Å². The molecule has 0 spiro atoms. The fourth-order valence-electron chi connectivity index (χ4n) is 5.22. The molecule has 3 heterocycles. The van der Waals surface area contributed by atoms with Crippen molar-refractivity contribution in [2.24, 2.45) is 5.92 Å². The van der Waals surface area contributed by atoms with Crippen molar-refractivity contribution in [3.63, 3.8) is 0 Å². The molecule has 11 heteroatoms. The van der Waals surface area contributed by atoms with Gasteiger partial charge in [0.1, 0.15) is 11.9 Å². The number of hydroxylamine groups is 1. The third-order valence-electron chi connectivity index (χ3n) is 6.92. The Bertz CT molecular complexity index is 853. The van der Waals surface area contributed by atoms with Crippen LogP contribution >= 0.6 is 0 Å². The highest BCUT2D eigenvalue weighted by Crippen LogP contribution is 2.33. The Kier molecular flexibility index (Phi) is 8.08. The molecule has 190 valence electrons. The maximum Gasteiger partial charge on any atom is 0.416 e. The van der Waals surface area contributed by atoms with Gasteiger partial charge in [-0.2, -0.15) is 18.7 Å². The zero-order chi connectivity index (χ0) is 24.3. The molecule has 0 radical (unpaired) electrons. The molecule has 5 unspecified atom stereocenters. The van der Waals surface area contributed by atoms with Crippen molar-refractivity contribution in [1.29, 1.82) is 0 Å². The molecule has 3 aliphatic heterocycles. The number of carbonyl (C=O) groups excluding carboxylic acids is 1. The Hall–Kier alpha value is -1.79. The lowest BCUT2D eigenvalue weighted by Crippen LogP contribution is -2.47. The van der Waals surface area contributed by atoms with E-state index in [1.807, 2.05) is 0 Å². The Balaban J connectivity index is 1.26. The summed E-state index contributed by atoms with van der Waals surface area (Å²) in [6.07, 6.45) is 0.482. The monoisotopic (exact) mass is 487 g/mol. The number of hydrogen-bond acceptors (Lipinski definition) is 6. The van der Waals surface area contributed by atoms with Gasteiger partial charge in [-0.1, -0.05) is 19.8 Å². The minimum Gasteiger partial charge on any atom is -0.349 e. The summed E-state index contributed by atoms with van der Waals surface area (Å²) in [4.78, 5) is 18.5. The zero-order valence-corrected chi connectivity index (χ0v) is 19.3. The van der Waals surface area contributed by atoms with E-state index in [1.54, 1.807) is 5.01 Å². The SMILES string of the molecule is CCCC1CCNC(C2CC(C(=O)NC3CNN(Cc4cc(F)ccc4C(F)(F)F)C3)NO2)C1. The van der Waals surface area contributed by atoms with E-state index in [0.717, 1.165) is 37.6 Å². The highest BCUT2D eigenvalue weighted by molar-refractivity contribution is 5.82. The molecule has 1 aromatic rings. The smallest absolute Gasteiger partial charge is 0.349 e. The molecule has 0 bridgehead atoms. The van der Waals surface area contributed by atoms with Crippen LogP contribution in [0.2, 0.25) is 0 Å². The molecule has 34 heavy (non-hydrogen) atoms. The predicted octanol–water partition coefficient (Wildman–Crippen LogP) is 2.48. The van der Waals surface area contributed by atoms with Crippen molar-refractivity contribution in [2.75, 3.05) is 19.6 Å². The molecular weight excluding hydrogens is 454 g/mol. The van der Waals surface area contributed by atoms with E-state index in [4.69, 9.17) is 4.84 Å². The molecule has 3 aliphatic rings. The number of alkyl halides is 3. The molecule has 1 amide bonds. The zero-order valence-electron chi connectivity index (χ0n) is 19.3. The van der Waals surface area contributed by atoms with Crippen molar-refractivity contribution >= 4 is 5.91 Å². The van der Waals surface area contributed by atoms with Crippen LogP contribution in [0.15, 0.2) is 18.2 Å². The summed E-state index contributed by atoms with van der Waals surface area (Å²) in [7, 11) is 0. The first-order valence-corrected chi connectivity index (χ1v) is 12.0. The number of hydrogen-bond donors (Lipinski definition) is 4. The van der Waals surface area contributed by atoms with Crippen LogP contribution in [0.3, 0.4) is 0 Å². The van der Waals surface area contributed by atoms with Crippen LogP contribution in [0.5, 0.6) is 0 Å². The van der Waals surface area contributed by atoms with E-state index in [1.165, 1.54) is 12.8 Å². The van der Waals surface area contributed by atoms with E-state index in [9.17, 15) is 22.4 Å². The number of carbonyl (C=O) groups is 1. The largest absolute Gasteiger partial charge is 0.416 e. The first-order chi connectivity index (χ1) is 16.2. The maximum atomic E-state index is 13.6. The Labute approximate surface area is 196 Å². The van der Waals surface area contributed by atoms with Crippen LogP contribution in [0.1, 0.15) is 50.2 Å². The lowest BCUT2D eigenvalue weighted by molar-refractivity contribution is -0.138. The standard InChI is InChI=1S/C23H33F4N5O2/c1-2-3-14-6-7-28-19(8-14)21-10-20(31-34-21)22(33)30-17-11-29-32(13-17)12-15-9-16(24)4-5-18(15)23(25,26)27/h4-5,9,14,17,19-21,28-29,31H,2-3,6-8,10-13H2,1H3,(H,30,33). The first-order valence-electron chi connectivity index (χ1n) is 12.0. The van der Waals surface area contributed by atoms with Crippen molar-refractivity contribution in [1.82, 2.24) is 26.5 Å². The highest BCUT2D eigenvalue weighted by Gasteiger charge is 2.39. The third kappa shape index (κ3) is 6.25. The molecule has 7 nitrogen and oxygen atoms in total. The quantitative estimate of drug-likeness (QED) is 0.443. The van der Waals surface area contributed by atoms with E-state index in [-0.39, 0.29) is 36.2 Å². The van der Waals surface area contributed by atoms with Crippen LogP contribution in [0.25, 0.3) is 0 Å². The molecule has 1 aromatic carbocycles. The number of nitrogens with zero attached hydrogens (tertiary/aromatic N) is 1. The number of amides is 1. The van der Waals surface area contributed by atoms with Gasteiger partial charge < -0.3 is 10.6 Å². The van der Waals surface area contributed by atoms with Crippen molar-refractivity contribution < 1.29 is 27.2 Å². The molecular formula is C23H33F4N5O2. The topological polar surface area (TPSA) is 77.7 Å². The normalized spacial score (nSPS) is 30.6. The molecule has 0 saturated carbocycles. The molecule has 0 aliphatic carbocycles. The van der Waals surface area contributed by atoms with Gasteiger partial charge in [0, 0.05) is 32.1 Å². The molecule has 4 N–H and O–H groups in total. The number of hydrazine groups is 1. The fourth-order valence-corrected chi connectivity index (χ4v) is 5.22. The average Bonchev–Trinajstić information content (AvgIpc) is 3.43. The van der Waals surface area contributed by atoms with Crippen LogP contribution in [0, 0.1) is 11.7 Å². The summed E-state index contributed by atoms with van der Waals surface area (Å²) >= 11 is 0. The summed E-state index contributed by atoms with van der Waals surface area (Å²) < 4.78 is 53.3. The summed E-state index contributed by atoms with van der Waals surface area (Å²) in [6, 6.07) is 1.93. The minimum atomic E-state index is -4.56. The Morgan fingerprint density at radius 1 is 1.29 bits per heavy atom. The second-order valence-corrected chi connectivity index (χ2v) is 9.55. The molecule has 3 saturated heterocycles. The number of rotatable bonds is 7. The predicted molar refractivity (Wildman–Crippen MR) is 118 cm³/mol. The second kappa shape index (κ2) is 10.9. The second-order valence-electron chi connectivity index (χ2n) is 9.55. The van der Waals surface area contributed by atoms with E-state index in [2.05, 4.69) is 28.5 Å². The van der Waals surface area contributed by atoms with E-state index < -0.39 is 23.6 Å².